The lowest BCUT2D eigenvalue weighted by Crippen LogP contribution is -2.30. The maximum Gasteiger partial charge on any atom is 0.241 e. The number of sulfonamides is 1. The van der Waals surface area contributed by atoms with Crippen molar-refractivity contribution in [3.8, 4) is 11.5 Å². The van der Waals surface area contributed by atoms with Crippen molar-refractivity contribution in [3.63, 3.8) is 0 Å². The second-order valence-electron chi connectivity index (χ2n) is 4.78. The molecule has 0 saturated carbocycles. The number of benzene rings is 2. The van der Waals surface area contributed by atoms with Gasteiger partial charge in [0.05, 0.1) is 31.8 Å². The van der Waals surface area contributed by atoms with Gasteiger partial charge in [-0.1, -0.05) is 30.3 Å². The summed E-state index contributed by atoms with van der Waals surface area (Å²) in [5.41, 5.74) is 0.680. The number of rotatable bonds is 7. The number of ether oxygens (including phenoxy) is 2. The van der Waals surface area contributed by atoms with E-state index in [0.29, 0.717) is 17.1 Å². The van der Waals surface area contributed by atoms with E-state index in [1.54, 1.807) is 24.3 Å². The lowest BCUT2D eigenvalue weighted by molar-refractivity contribution is 0.259. The van der Waals surface area contributed by atoms with Crippen LogP contribution >= 0.6 is 0 Å². The molecule has 7 heteroatoms. The van der Waals surface area contributed by atoms with Gasteiger partial charge in [-0.3, -0.25) is 0 Å². The van der Waals surface area contributed by atoms with Crippen LogP contribution in [0.4, 0.5) is 0 Å². The summed E-state index contributed by atoms with van der Waals surface area (Å²) in [4.78, 5) is 0.0320. The Morgan fingerprint density at radius 2 is 1.70 bits per heavy atom. The molecule has 2 N–H and O–H groups in total. The minimum atomic E-state index is -3.82. The van der Waals surface area contributed by atoms with E-state index < -0.39 is 16.1 Å². The van der Waals surface area contributed by atoms with Crippen LogP contribution in [0, 0.1) is 0 Å². The van der Waals surface area contributed by atoms with E-state index in [9.17, 15) is 13.5 Å². The van der Waals surface area contributed by atoms with Crippen molar-refractivity contribution >= 4 is 10.0 Å². The molecule has 0 radical (unpaired) electrons. The molecule has 0 aliphatic rings. The summed E-state index contributed by atoms with van der Waals surface area (Å²) in [7, 11) is -0.916. The zero-order valence-corrected chi connectivity index (χ0v) is 13.7. The average molecular weight is 337 g/mol. The minimum absolute atomic E-state index is 0.0320. The van der Waals surface area contributed by atoms with Gasteiger partial charge in [-0.2, -0.15) is 0 Å². The van der Waals surface area contributed by atoms with Gasteiger partial charge in [-0.05, 0) is 17.7 Å². The predicted octanol–water partition coefficient (Wildman–Crippen LogP) is 1.72. The summed E-state index contributed by atoms with van der Waals surface area (Å²) in [5, 5.41) is 9.50. The monoisotopic (exact) mass is 337 g/mol. The van der Waals surface area contributed by atoms with Gasteiger partial charge < -0.3 is 14.6 Å². The topological polar surface area (TPSA) is 84.9 Å². The Balaban J connectivity index is 2.31. The molecule has 2 aromatic carbocycles. The third-order valence-corrected chi connectivity index (χ3v) is 4.82. The van der Waals surface area contributed by atoms with Crippen LogP contribution in [-0.2, 0) is 10.0 Å². The molecule has 0 fully saturated rings. The highest BCUT2D eigenvalue weighted by molar-refractivity contribution is 7.89. The maximum absolute atomic E-state index is 12.5. The van der Waals surface area contributed by atoms with E-state index in [4.69, 9.17) is 9.47 Å². The molecule has 2 aromatic rings. The van der Waals surface area contributed by atoms with Gasteiger partial charge >= 0.3 is 0 Å². The van der Waals surface area contributed by atoms with Crippen LogP contribution in [0.3, 0.4) is 0 Å². The van der Waals surface area contributed by atoms with Crippen molar-refractivity contribution < 1.29 is 23.0 Å². The molecule has 0 amide bonds. The normalized spacial score (nSPS) is 12.7. The van der Waals surface area contributed by atoms with Crippen LogP contribution in [0.15, 0.2) is 53.4 Å². The van der Waals surface area contributed by atoms with E-state index in [0.717, 1.165) is 0 Å². The largest absolute Gasteiger partial charge is 0.493 e. The molecule has 6 nitrogen and oxygen atoms in total. The van der Waals surface area contributed by atoms with Crippen molar-refractivity contribution in [3.05, 3.63) is 54.1 Å². The molecule has 124 valence electrons. The van der Waals surface area contributed by atoms with E-state index in [1.807, 2.05) is 6.07 Å². The summed E-state index contributed by atoms with van der Waals surface area (Å²) in [5.74, 6) is 0.754. The van der Waals surface area contributed by atoms with Crippen LogP contribution in [-0.4, -0.2) is 34.4 Å². The van der Waals surface area contributed by atoms with E-state index in [1.165, 1.54) is 32.4 Å². The highest BCUT2D eigenvalue weighted by Crippen LogP contribution is 2.29. The number of hydrogen-bond donors (Lipinski definition) is 2. The first-order valence-corrected chi connectivity index (χ1v) is 8.40. The molecule has 0 unspecified atom stereocenters. The molecule has 0 heterocycles. The molecular weight excluding hydrogens is 318 g/mol. The quantitative estimate of drug-likeness (QED) is 0.803. The van der Waals surface area contributed by atoms with Gasteiger partial charge in [0.2, 0.25) is 10.0 Å². The van der Waals surface area contributed by atoms with Crippen molar-refractivity contribution in [1.29, 1.82) is 0 Å². The van der Waals surface area contributed by atoms with Crippen LogP contribution in [0.25, 0.3) is 0 Å². The van der Waals surface area contributed by atoms with Crippen molar-refractivity contribution in [1.82, 2.24) is 4.72 Å². The Bertz CT molecular complexity index is 746. The second-order valence-corrected chi connectivity index (χ2v) is 6.50. The van der Waals surface area contributed by atoms with Crippen molar-refractivity contribution in [2.45, 2.75) is 10.9 Å². The first-order chi connectivity index (χ1) is 11.0. The standard InChI is InChI=1S/C16H19NO5S/c1-21-15-9-8-13(10-16(15)22-2)23(19,20)17-14(11-18)12-6-4-3-5-7-12/h3-10,14,17-18H,11H2,1-2H3/t14-/m0/s1. The average Bonchev–Trinajstić information content (AvgIpc) is 2.59. The Labute approximate surface area is 135 Å². The zero-order valence-electron chi connectivity index (χ0n) is 12.9. The fraction of sp³-hybridized carbons (Fsp3) is 0.250. The summed E-state index contributed by atoms with van der Waals surface area (Å²) < 4.78 is 37.8. The van der Waals surface area contributed by atoms with Crippen LogP contribution in [0.2, 0.25) is 0 Å². The highest BCUT2D eigenvalue weighted by Gasteiger charge is 2.22. The molecule has 0 aromatic heterocycles. The fourth-order valence-electron chi connectivity index (χ4n) is 2.14. The van der Waals surface area contributed by atoms with Gasteiger partial charge in [-0.15, -0.1) is 0 Å². The lowest BCUT2D eigenvalue weighted by Gasteiger charge is -2.17. The van der Waals surface area contributed by atoms with Crippen molar-refractivity contribution in [2.75, 3.05) is 20.8 Å². The van der Waals surface area contributed by atoms with Crippen LogP contribution in [0.1, 0.15) is 11.6 Å². The number of nitrogens with one attached hydrogen (secondary N) is 1. The van der Waals surface area contributed by atoms with Gasteiger partial charge in [0, 0.05) is 6.07 Å². The molecule has 0 spiro atoms. The van der Waals surface area contributed by atoms with E-state index in [-0.39, 0.29) is 11.5 Å². The SMILES string of the molecule is COc1ccc(S(=O)(=O)N[C@@H](CO)c2ccccc2)cc1OC. The Morgan fingerprint density at radius 1 is 1.04 bits per heavy atom. The third kappa shape index (κ3) is 4.01. The molecule has 1 atom stereocenters. The summed E-state index contributed by atoms with van der Waals surface area (Å²) >= 11 is 0. The number of methoxy groups -OCH3 is 2. The van der Waals surface area contributed by atoms with Gasteiger partial charge in [0.15, 0.2) is 11.5 Å². The minimum Gasteiger partial charge on any atom is -0.493 e. The van der Waals surface area contributed by atoms with Crippen molar-refractivity contribution in [2.24, 2.45) is 0 Å². The molecule has 0 saturated heterocycles. The van der Waals surface area contributed by atoms with Crippen LogP contribution in [0.5, 0.6) is 11.5 Å². The number of aliphatic hydroxyl groups is 1. The molecule has 0 aliphatic carbocycles. The van der Waals surface area contributed by atoms with Gasteiger partial charge in [0.25, 0.3) is 0 Å². The Hall–Kier alpha value is -2.09. The first kappa shape index (κ1) is 17.3. The van der Waals surface area contributed by atoms with Gasteiger partial charge in [0.1, 0.15) is 0 Å². The summed E-state index contributed by atoms with van der Waals surface area (Å²) in [6.07, 6.45) is 0. The van der Waals surface area contributed by atoms with Gasteiger partial charge in [-0.25, -0.2) is 13.1 Å². The fourth-order valence-corrected chi connectivity index (χ4v) is 3.37. The lowest BCUT2D eigenvalue weighted by atomic mass is 10.1. The highest BCUT2D eigenvalue weighted by atomic mass is 32.2. The Morgan fingerprint density at radius 3 is 2.26 bits per heavy atom. The molecule has 0 aliphatic heterocycles. The van der Waals surface area contributed by atoms with E-state index >= 15 is 0 Å². The van der Waals surface area contributed by atoms with E-state index in [2.05, 4.69) is 4.72 Å². The molecular formula is C16H19NO5S. The third-order valence-electron chi connectivity index (χ3n) is 3.35. The molecule has 2 rings (SSSR count). The number of hydrogen-bond acceptors (Lipinski definition) is 5. The number of aliphatic hydroxyl groups excluding tert-OH is 1. The molecule has 0 bridgehead atoms. The Kier molecular flexibility index (Phi) is 5.59. The summed E-state index contributed by atoms with van der Waals surface area (Å²) in [6.45, 7) is -0.351. The predicted molar refractivity (Wildman–Crippen MR) is 86.1 cm³/mol. The zero-order chi connectivity index (χ0) is 16.9. The molecule has 23 heavy (non-hydrogen) atoms. The first-order valence-electron chi connectivity index (χ1n) is 6.92. The maximum atomic E-state index is 12.5. The smallest absolute Gasteiger partial charge is 0.241 e. The van der Waals surface area contributed by atoms with Crippen LogP contribution < -0.4 is 14.2 Å². The summed E-state index contributed by atoms with van der Waals surface area (Å²) in [6, 6.07) is 12.5. The second kappa shape index (κ2) is 7.45.